The van der Waals surface area contributed by atoms with Crippen molar-refractivity contribution in [3.63, 3.8) is 0 Å². The fraction of sp³-hybridized carbons (Fsp3) is 0.200. The molecule has 2 nitrogen and oxygen atoms in total. The predicted octanol–water partition coefficient (Wildman–Crippen LogP) is 6.77. The molecule has 122 valence electrons. The van der Waals surface area contributed by atoms with E-state index in [1.807, 2.05) is 60.7 Å². The van der Waals surface area contributed by atoms with Crippen LogP contribution in [0.15, 0.2) is 95.2 Å². The van der Waals surface area contributed by atoms with Gasteiger partial charge in [-0.1, -0.05) is 60.7 Å². The SMILES string of the molecule is C1=C\CC/C=C\CC/1.[Ni].c1ccc(N=Nc2ccccc2)cc1. The van der Waals surface area contributed by atoms with Gasteiger partial charge in [0, 0.05) is 16.5 Å². The van der Waals surface area contributed by atoms with E-state index in [2.05, 4.69) is 34.5 Å². The van der Waals surface area contributed by atoms with Gasteiger partial charge in [-0.25, -0.2) is 0 Å². The van der Waals surface area contributed by atoms with Crippen LogP contribution in [0.4, 0.5) is 11.4 Å². The molecule has 1 aliphatic carbocycles. The number of nitrogens with zero attached hydrogens (tertiary/aromatic N) is 2. The van der Waals surface area contributed by atoms with E-state index in [4.69, 9.17) is 0 Å². The summed E-state index contributed by atoms with van der Waals surface area (Å²) in [6.07, 6.45) is 14.0. The van der Waals surface area contributed by atoms with Crippen molar-refractivity contribution in [3.8, 4) is 0 Å². The Labute approximate surface area is 149 Å². The van der Waals surface area contributed by atoms with Crippen molar-refractivity contribution >= 4 is 11.4 Å². The number of hydrogen-bond acceptors (Lipinski definition) is 2. The minimum Gasteiger partial charge on any atom is -0.151 e. The van der Waals surface area contributed by atoms with E-state index in [1.54, 1.807) is 0 Å². The van der Waals surface area contributed by atoms with Gasteiger partial charge in [-0.05, 0) is 49.9 Å². The van der Waals surface area contributed by atoms with Crippen molar-refractivity contribution in [2.45, 2.75) is 25.7 Å². The minimum absolute atomic E-state index is 0. The molecule has 3 rings (SSSR count). The van der Waals surface area contributed by atoms with Gasteiger partial charge in [0.25, 0.3) is 0 Å². The molecule has 0 saturated heterocycles. The van der Waals surface area contributed by atoms with Crippen LogP contribution in [0.2, 0.25) is 0 Å². The number of hydrogen-bond donors (Lipinski definition) is 0. The first-order chi connectivity index (χ1) is 10.9. The molecule has 0 aromatic heterocycles. The van der Waals surface area contributed by atoms with Crippen LogP contribution in [0.3, 0.4) is 0 Å². The van der Waals surface area contributed by atoms with Gasteiger partial charge < -0.3 is 0 Å². The van der Waals surface area contributed by atoms with Crippen molar-refractivity contribution in [2.24, 2.45) is 10.2 Å². The summed E-state index contributed by atoms with van der Waals surface area (Å²) in [6, 6.07) is 19.4. The third-order valence-electron chi connectivity index (χ3n) is 3.13. The summed E-state index contributed by atoms with van der Waals surface area (Å²) in [6.45, 7) is 0. The molecule has 0 aliphatic heterocycles. The van der Waals surface area contributed by atoms with Gasteiger partial charge in [0.2, 0.25) is 0 Å². The van der Waals surface area contributed by atoms with Gasteiger partial charge >= 0.3 is 0 Å². The van der Waals surface area contributed by atoms with Crippen molar-refractivity contribution in [1.29, 1.82) is 0 Å². The summed E-state index contributed by atoms with van der Waals surface area (Å²) in [7, 11) is 0. The van der Waals surface area contributed by atoms with E-state index in [9.17, 15) is 0 Å². The Hall–Kier alpha value is -1.99. The fourth-order valence-electron chi connectivity index (χ4n) is 1.96. The smallest absolute Gasteiger partial charge is 0.0857 e. The van der Waals surface area contributed by atoms with Crippen LogP contribution >= 0.6 is 0 Å². The Morgan fingerprint density at radius 3 is 1.09 bits per heavy atom. The first kappa shape index (κ1) is 19.1. The molecule has 0 spiro atoms. The van der Waals surface area contributed by atoms with Crippen molar-refractivity contribution in [2.75, 3.05) is 0 Å². The normalized spacial score (nSPS) is 16.2. The van der Waals surface area contributed by atoms with Crippen LogP contribution in [0.25, 0.3) is 0 Å². The van der Waals surface area contributed by atoms with Crippen LogP contribution < -0.4 is 0 Å². The Morgan fingerprint density at radius 1 is 0.478 bits per heavy atom. The zero-order valence-electron chi connectivity index (χ0n) is 13.1. The summed E-state index contributed by atoms with van der Waals surface area (Å²) in [5, 5.41) is 8.20. The second-order valence-corrected chi connectivity index (χ2v) is 4.97. The standard InChI is InChI=1S/C12H10N2.C8H12.Ni/c1-3-7-11(8-4-1)13-14-12-9-5-2-6-10-12;1-2-4-6-8-7-5-3-1;/h1-10H;1-2,7-8H,3-6H2;/b;2-1-,8-7-;. The maximum atomic E-state index is 4.10. The maximum Gasteiger partial charge on any atom is 0.0857 e. The summed E-state index contributed by atoms with van der Waals surface area (Å²) in [4.78, 5) is 0. The molecule has 0 radical (unpaired) electrons. The number of rotatable bonds is 2. The second kappa shape index (κ2) is 12.5. The van der Waals surface area contributed by atoms with Crippen LogP contribution in [0, 0.1) is 0 Å². The molecular weight excluding hydrogens is 327 g/mol. The maximum absolute atomic E-state index is 4.10. The van der Waals surface area contributed by atoms with Gasteiger partial charge in [-0.3, -0.25) is 0 Å². The Bertz CT molecular complexity index is 537. The van der Waals surface area contributed by atoms with Crippen molar-refractivity contribution in [1.82, 2.24) is 0 Å². The number of azo groups is 1. The quantitative estimate of drug-likeness (QED) is 0.325. The molecule has 0 N–H and O–H groups in total. The zero-order valence-corrected chi connectivity index (χ0v) is 14.1. The van der Waals surface area contributed by atoms with Crippen LogP contribution in [0.1, 0.15) is 25.7 Å². The molecule has 3 heteroatoms. The van der Waals surface area contributed by atoms with Gasteiger partial charge in [0.05, 0.1) is 11.4 Å². The third kappa shape index (κ3) is 8.90. The van der Waals surface area contributed by atoms with Crippen LogP contribution in [0.5, 0.6) is 0 Å². The summed E-state index contributed by atoms with van der Waals surface area (Å²) in [5.41, 5.74) is 1.74. The van der Waals surface area contributed by atoms with Crippen LogP contribution in [-0.2, 0) is 16.5 Å². The van der Waals surface area contributed by atoms with E-state index in [0.29, 0.717) is 0 Å². The molecule has 23 heavy (non-hydrogen) atoms. The first-order valence-electron chi connectivity index (χ1n) is 7.77. The predicted molar refractivity (Wildman–Crippen MR) is 93.8 cm³/mol. The van der Waals surface area contributed by atoms with Gasteiger partial charge in [0.15, 0.2) is 0 Å². The monoisotopic (exact) mass is 348 g/mol. The van der Waals surface area contributed by atoms with Gasteiger partial charge in [-0.15, -0.1) is 0 Å². The molecule has 0 unspecified atom stereocenters. The Kier molecular flexibility index (Phi) is 10.4. The van der Waals surface area contributed by atoms with E-state index in [0.717, 1.165) is 11.4 Å². The van der Waals surface area contributed by atoms with E-state index in [-0.39, 0.29) is 16.5 Å². The second-order valence-electron chi connectivity index (χ2n) is 4.97. The zero-order chi connectivity index (χ0) is 15.3. The number of benzene rings is 2. The average Bonchev–Trinajstić information content (AvgIpc) is 2.55. The van der Waals surface area contributed by atoms with Gasteiger partial charge in [0.1, 0.15) is 0 Å². The summed E-state index contributed by atoms with van der Waals surface area (Å²) < 4.78 is 0. The van der Waals surface area contributed by atoms with E-state index < -0.39 is 0 Å². The third-order valence-corrected chi connectivity index (χ3v) is 3.13. The van der Waals surface area contributed by atoms with Crippen LogP contribution in [-0.4, -0.2) is 0 Å². The summed E-state index contributed by atoms with van der Waals surface area (Å²) >= 11 is 0. The molecule has 2 aromatic carbocycles. The largest absolute Gasteiger partial charge is 0.151 e. The molecule has 0 atom stereocenters. The molecule has 0 fully saturated rings. The molecular formula is C20H22N2Ni. The topological polar surface area (TPSA) is 24.7 Å². The first-order valence-corrected chi connectivity index (χ1v) is 7.77. The van der Waals surface area contributed by atoms with E-state index in [1.165, 1.54) is 25.7 Å². The Balaban J connectivity index is 0.000000253. The summed E-state index contributed by atoms with van der Waals surface area (Å²) in [5.74, 6) is 0. The number of allylic oxidation sites excluding steroid dienone is 4. The fourth-order valence-corrected chi connectivity index (χ4v) is 1.96. The molecule has 0 saturated carbocycles. The average molecular weight is 349 g/mol. The molecule has 0 amide bonds. The van der Waals surface area contributed by atoms with Gasteiger partial charge in [-0.2, -0.15) is 10.2 Å². The van der Waals surface area contributed by atoms with Crippen molar-refractivity contribution in [3.05, 3.63) is 85.0 Å². The minimum atomic E-state index is 0. The molecule has 2 aromatic rings. The Morgan fingerprint density at radius 2 is 0.783 bits per heavy atom. The van der Waals surface area contributed by atoms with E-state index >= 15 is 0 Å². The molecule has 0 heterocycles. The molecule has 0 bridgehead atoms. The van der Waals surface area contributed by atoms with Crippen molar-refractivity contribution < 1.29 is 16.5 Å². The molecule has 1 aliphatic rings.